The third-order valence-corrected chi connectivity index (χ3v) is 3.71. The van der Waals surface area contributed by atoms with Gasteiger partial charge in [0.15, 0.2) is 0 Å². The molecular weight excluding hydrogens is 328 g/mol. The Morgan fingerprint density at radius 1 is 1.47 bits per heavy atom. The van der Waals surface area contributed by atoms with Gasteiger partial charge in [-0.15, -0.1) is 0 Å². The fraction of sp³-hybridized carbons (Fsp3) is 0.100. The van der Waals surface area contributed by atoms with Crippen LogP contribution in [0.3, 0.4) is 0 Å². The molecule has 0 radical (unpaired) electrons. The van der Waals surface area contributed by atoms with Crippen molar-refractivity contribution in [1.82, 2.24) is 0 Å². The molecule has 0 fully saturated rings. The molecule has 1 aromatic rings. The molecule has 0 bridgehead atoms. The molecule has 0 saturated heterocycles. The SMILES string of the molecule is COc1cc(Br)c(Br)c(/C=C/C(=O)O)c1. The number of methoxy groups -OCH3 is 1. The highest BCUT2D eigenvalue weighted by molar-refractivity contribution is 9.13. The molecular formula is C10H8Br2O3. The lowest BCUT2D eigenvalue weighted by atomic mass is 10.2. The number of carboxylic acid groups (broad SMARTS) is 1. The first-order valence-electron chi connectivity index (χ1n) is 3.98. The van der Waals surface area contributed by atoms with Gasteiger partial charge < -0.3 is 9.84 Å². The molecule has 1 N–H and O–H groups in total. The Morgan fingerprint density at radius 3 is 2.67 bits per heavy atom. The maximum Gasteiger partial charge on any atom is 0.328 e. The molecule has 0 spiro atoms. The van der Waals surface area contributed by atoms with Gasteiger partial charge in [-0.05, 0) is 55.6 Å². The summed E-state index contributed by atoms with van der Waals surface area (Å²) in [6.45, 7) is 0. The third kappa shape index (κ3) is 3.35. The highest BCUT2D eigenvalue weighted by atomic mass is 79.9. The minimum atomic E-state index is -0.985. The van der Waals surface area contributed by atoms with Crippen molar-refractivity contribution in [2.45, 2.75) is 0 Å². The normalized spacial score (nSPS) is 10.6. The van der Waals surface area contributed by atoms with Gasteiger partial charge >= 0.3 is 5.97 Å². The van der Waals surface area contributed by atoms with E-state index in [1.54, 1.807) is 19.2 Å². The Morgan fingerprint density at radius 2 is 2.13 bits per heavy atom. The molecule has 0 atom stereocenters. The van der Waals surface area contributed by atoms with E-state index in [2.05, 4.69) is 31.9 Å². The molecule has 80 valence electrons. The Bertz CT molecular complexity index is 413. The summed E-state index contributed by atoms with van der Waals surface area (Å²) in [6.07, 6.45) is 2.58. The maximum absolute atomic E-state index is 10.4. The van der Waals surface area contributed by atoms with Crippen molar-refractivity contribution in [2.24, 2.45) is 0 Å². The molecule has 0 aromatic heterocycles. The zero-order valence-electron chi connectivity index (χ0n) is 7.83. The first kappa shape index (κ1) is 12.3. The Balaban J connectivity index is 3.16. The van der Waals surface area contributed by atoms with Crippen molar-refractivity contribution in [1.29, 1.82) is 0 Å². The van der Waals surface area contributed by atoms with Gasteiger partial charge in [-0.2, -0.15) is 0 Å². The number of halogens is 2. The van der Waals surface area contributed by atoms with Crippen LogP contribution in [-0.4, -0.2) is 18.2 Å². The van der Waals surface area contributed by atoms with Gasteiger partial charge in [-0.25, -0.2) is 4.79 Å². The van der Waals surface area contributed by atoms with E-state index in [-0.39, 0.29) is 0 Å². The van der Waals surface area contributed by atoms with Crippen molar-refractivity contribution in [3.63, 3.8) is 0 Å². The van der Waals surface area contributed by atoms with E-state index in [0.717, 1.165) is 20.6 Å². The summed E-state index contributed by atoms with van der Waals surface area (Å²) in [6, 6.07) is 3.54. The zero-order valence-corrected chi connectivity index (χ0v) is 11.0. The van der Waals surface area contributed by atoms with E-state index in [4.69, 9.17) is 9.84 Å². The standard InChI is InChI=1S/C10H8Br2O3/c1-15-7-4-6(2-3-9(13)14)10(12)8(11)5-7/h2-5H,1H3,(H,13,14)/b3-2+. The monoisotopic (exact) mass is 334 g/mol. The Labute approximate surface area is 104 Å². The van der Waals surface area contributed by atoms with E-state index < -0.39 is 5.97 Å². The molecule has 1 aromatic carbocycles. The average Bonchev–Trinajstić information content (AvgIpc) is 2.19. The fourth-order valence-corrected chi connectivity index (χ4v) is 1.80. The number of ether oxygens (including phenoxy) is 1. The summed E-state index contributed by atoms with van der Waals surface area (Å²) in [5.41, 5.74) is 0.739. The van der Waals surface area contributed by atoms with Crippen LogP contribution in [0, 0.1) is 0 Å². The van der Waals surface area contributed by atoms with E-state index >= 15 is 0 Å². The van der Waals surface area contributed by atoms with Gasteiger partial charge in [0.2, 0.25) is 0 Å². The smallest absolute Gasteiger partial charge is 0.328 e. The van der Waals surface area contributed by atoms with Crippen LogP contribution in [0.25, 0.3) is 6.08 Å². The predicted octanol–water partition coefficient (Wildman–Crippen LogP) is 3.32. The number of hydrogen-bond acceptors (Lipinski definition) is 2. The second-order valence-corrected chi connectivity index (χ2v) is 4.33. The van der Waals surface area contributed by atoms with Gasteiger partial charge in [-0.1, -0.05) is 0 Å². The number of carbonyl (C=O) groups is 1. The van der Waals surface area contributed by atoms with Crippen molar-refractivity contribution in [3.8, 4) is 5.75 Å². The summed E-state index contributed by atoms with van der Waals surface area (Å²) in [4.78, 5) is 10.4. The van der Waals surface area contributed by atoms with Gasteiger partial charge in [0, 0.05) is 15.0 Å². The van der Waals surface area contributed by atoms with Crippen molar-refractivity contribution < 1.29 is 14.6 Å². The summed E-state index contributed by atoms with van der Waals surface area (Å²) in [5, 5.41) is 8.52. The first-order chi connectivity index (χ1) is 7.04. The minimum absolute atomic E-state index is 0.662. The number of hydrogen-bond donors (Lipinski definition) is 1. The quantitative estimate of drug-likeness (QED) is 0.862. The van der Waals surface area contributed by atoms with Crippen molar-refractivity contribution in [3.05, 3.63) is 32.7 Å². The van der Waals surface area contributed by atoms with Crippen LogP contribution >= 0.6 is 31.9 Å². The van der Waals surface area contributed by atoms with E-state index in [9.17, 15) is 4.79 Å². The largest absolute Gasteiger partial charge is 0.497 e. The van der Waals surface area contributed by atoms with Crippen LogP contribution in [0.4, 0.5) is 0 Å². The molecule has 15 heavy (non-hydrogen) atoms. The lowest BCUT2D eigenvalue weighted by molar-refractivity contribution is -0.131. The van der Waals surface area contributed by atoms with E-state index in [1.807, 2.05) is 0 Å². The fourth-order valence-electron chi connectivity index (χ4n) is 0.985. The van der Waals surface area contributed by atoms with Crippen molar-refractivity contribution in [2.75, 3.05) is 7.11 Å². The number of aliphatic carboxylic acids is 1. The summed E-state index contributed by atoms with van der Waals surface area (Å²) >= 11 is 6.68. The minimum Gasteiger partial charge on any atom is -0.497 e. The van der Waals surface area contributed by atoms with Gasteiger partial charge in [0.05, 0.1) is 7.11 Å². The second kappa shape index (κ2) is 5.32. The molecule has 0 heterocycles. The second-order valence-electron chi connectivity index (χ2n) is 2.68. The lowest BCUT2D eigenvalue weighted by Crippen LogP contribution is -1.88. The molecule has 0 saturated carbocycles. The summed E-state index contributed by atoms with van der Waals surface area (Å²) in [7, 11) is 1.56. The van der Waals surface area contributed by atoms with Crippen molar-refractivity contribution >= 4 is 43.9 Å². The lowest BCUT2D eigenvalue weighted by Gasteiger charge is -2.05. The van der Waals surface area contributed by atoms with E-state index in [1.165, 1.54) is 6.08 Å². The summed E-state index contributed by atoms with van der Waals surface area (Å²) in [5.74, 6) is -0.323. The van der Waals surface area contributed by atoms with Crippen LogP contribution in [0.5, 0.6) is 5.75 Å². The van der Waals surface area contributed by atoms with Crippen LogP contribution in [0.1, 0.15) is 5.56 Å². The molecule has 0 aliphatic rings. The Hall–Kier alpha value is -0.810. The molecule has 3 nitrogen and oxygen atoms in total. The maximum atomic E-state index is 10.4. The summed E-state index contributed by atoms with van der Waals surface area (Å²) < 4.78 is 6.67. The molecule has 5 heteroatoms. The molecule has 0 aliphatic carbocycles. The number of benzene rings is 1. The highest BCUT2D eigenvalue weighted by Gasteiger charge is 2.05. The number of carboxylic acids is 1. The number of rotatable bonds is 3. The van der Waals surface area contributed by atoms with Crippen LogP contribution in [-0.2, 0) is 4.79 Å². The molecule has 0 unspecified atom stereocenters. The van der Waals surface area contributed by atoms with Crippen LogP contribution in [0.15, 0.2) is 27.2 Å². The third-order valence-electron chi connectivity index (χ3n) is 1.67. The zero-order chi connectivity index (χ0) is 11.4. The van der Waals surface area contributed by atoms with Gasteiger partial charge in [0.1, 0.15) is 5.75 Å². The average molecular weight is 336 g/mol. The first-order valence-corrected chi connectivity index (χ1v) is 5.57. The topological polar surface area (TPSA) is 46.5 Å². The van der Waals surface area contributed by atoms with Gasteiger partial charge in [0.25, 0.3) is 0 Å². The molecule has 1 rings (SSSR count). The highest BCUT2D eigenvalue weighted by Crippen LogP contribution is 2.32. The van der Waals surface area contributed by atoms with Crippen LogP contribution in [0.2, 0.25) is 0 Å². The Kier molecular flexibility index (Phi) is 4.35. The van der Waals surface area contributed by atoms with Gasteiger partial charge in [-0.3, -0.25) is 0 Å². The predicted molar refractivity (Wildman–Crippen MR) is 65.1 cm³/mol. The van der Waals surface area contributed by atoms with E-state index in [0.29, 0.717) is 5.75 Å². The molecule has 0 amide bonds. The van der Waals surface area contributed by atoms with Crippen LogP contribution < -0.4 is 4.74 Å². The molecule has 0 aliphatic heterocycles.